The van der Waals surface area contributed by atoms with Crippen LogP contribution in [0, 0.1) is 26.0 Å². The van der Waals surface area contributed by atoms with Crippen LogP contribution in [0.1, 0.15) is 43.2 Å². The van der Waals surface area contributed by atoms with Gasteiger partial charge in [0, 0.05) is 16.7 Å². The molecule has 0 N–H and O–H groups in total. The minimum Gasteiger partial charge on any atom is -0.223 e. The molecule has 36 heavy (non-hydrogen) atoms. The molecule has 0 radical (unpaired) electrons. The third kappa shape index (κ3) is 5.11. The first-order valence-electron chi connectivity index (χ1n) is 12.7. The van der Waals surface area contributed by atoms with Gasteiger partial charge in [-0.1, -0.05) is 97.1 Å². The topological polar surface area (TPSA) is 8.81 Å². The van der Waals surface area contributed by atoms with Gasteiger partial charge in [0.1, 0.15) is 6.54 Å². The Morgan fingerprint density at radius 1 is 0.917 bits per heavy atom. The van der Waals surface area contributed by atoms with Crippen molar-refractivity contribution in [3.63, 3.8) is 0 Å². The van der Waals surface area contributed by atoms with Crippen LogP contribution in [0.2, 0.25) is 0 Å². The Kier molecular flexibility index (Phi) is 8.03. The zero-order valence-electron chi connectivity index (χ0n) is 22.0. The second-order valence-electron chi connectivity index (χ2n) is 9.06. The van der Waals surface area contributed by atoms with Crippen molar-refractivity contribution in [3.8, 4) is 22.6 Å². The summed E-state index contributed by atoms with van der Waals surface area (Å²) in [6.07, 6.45) is 10.5. The molecule has 1 aromatic heterocycles. The van der Waals surface area contributed by atoms with Crippen LogP contribution in [-0.4, -0.2) is 4.57 Å². The Bertz CT molecular complexity index is 1380. The van der Waals surface area contributed by atoms with E-state index in [1.54, 1.807) is 0 Å². The summed E-state index contributed by atoms with van der Waals surface area (Å²) in [4.78, 5) is 0. The van der Waals surface area contributed by atoms with Crippen LogP contribution in [0.3, 0.4) is 0 Å². The maximum atomic E-state index is 3.34. The Hall–Kier alpha value is -4.09. The number of imidazole rings is 1. The molecule has 2 nitrogen and oxygen atoms in total. The number of nitrogens with zero attached hydrogens (tertiary/aromatic N) is 2. The van der Waals surface area contributed by atoms with E-state index < -0.39 is 0 Å². The number of benzene rings is 2. The Labute approximate surface area is 216 Å². The molecule has 4 rings (SSSR count). The summed E-state index contributed by atoms with van der Waals surface area (Å²) in [5, 5.41) is 0. The molecule has 0 bridgehead atoms. The van der Waals surface area contributed by atoms with Gasteiger partial charge < -0.3 is 0 Å². The molecule has 0 saturated carbocycles. The molecule has 0 unspecified atom stereocenters. The molecule has 0 fully saturated rings. The van der Waals surface area contributed by atoms with E-state index in [1.165, 1.54) is 45.0 Å². The maximum absolute atomic E-state index is 3.34. The average molecular weight is 472 g/mol. The molecule has 180 valence electrons. The fraction of sp³-hybridized carbons (Fsp3) is 0.206. The van der Waals surface area contributed by atoms with Crippen LogP contribution in [0.4, 0.5) is 0 Å². The summed E-state index contributed by atoms with van der Waals surface area (Å²) in [5.74, 6) is 1.23. The second-order valence-corrected chi connectivity index (χ2v) is 9.06. The van der Waals surface area contributed by atoms with E-state index >= 15 is 0 Å². The van der Waals surface area contributed by atoms with Gasteiger partial charge in [-0.15, -0.1) is 0 Å². The quantitative estimate of drug-likeness (QED) is 0.182. The molecule has 2 heteroatoms. The lowest BCUT2D eigenvalue weighted by atomic mass is 10.0. The van der Waals surface area contributed by atoms with Crippen LogP contribution in [0.5, 0.6) is 0 Å². The van der Waals surface area contributed by atoms with Crippen molar-refractivity contribution in [2.45, 2.75) is 47.7 Å². The van der Waals surface area contributed by atoms with Crippen LogP contribution in [0.15, 0.2) is 97.1 Å². The Morgan fingerprint density at radius 2 is 1.67 bits per heavy atom. The zero-order chi connectivity index (χ0) is 25.5. The summed E-state index contributed by atoms with van der Waals surface area (Å²) >= 11 is 0. The Balaban J connectivity index is 2.12. The first kappa shape index (κ1) is 25.0. The summed E-state index contributed by atoms with van der Waals surface area (Å²) in [7, 11) is 0. The summed E-state index contributed by atoms with van der Waals surface area (Å²) in [6, 6.07) is 29.9. The lowest BCUT2D eigenvalue weighted by Crippen LogP contribution is -2.39. The number of aromatic nitrogens is 2. The van der Waals surface area contributed by atoms with Gasteiger partial charge in [0.15, 0.2) is 11.4 Å². The van der Waals surface area contributed by atoms with Gasteiger partial charge in [0.05, 0.1) is 12.1 Å². The zero-order valence-corrected chi connectivity index (χ0v) is 22.0. The number of aryl methyl sites for hydroxylation is 2. The van der Waals surface area contributed by atoms with E-state index in [9.17, 15) is 0 Å². The summed E-state index contributed by atoms with van der Waals surface area (Å²) < 4.78 is 4.97. The third-order valence-electron chi connectivity index (χ3n) is 6.52. The SMILES string of the molecule is C\C=C/C=C\C=C(/C)c1c(-c2ccccc2)n(CC)c(-c2c(C)cccc2C)[n+]1Cc1c#cccc1. The van der Waals surface area contributed by atoms with Gasteiger partial charge in [-0.3, -0.25) is 0 Å². The highest BCUT2D eigenvalue weighted by molar-refractivity contribution is 5.78. The van der Waals surface area contributed by atoms with Gasteiger partial charge in [-0.2, -0.15) is 0 Å². The van der Waals surface area contributed by atoms with E-state index in [0.29, 0.717) is 6.54 Å². The Morgan fingerprint density at radius 3 is 2.31 bits per heavy atom. The highest BCUT2D eigenvalue weighted by Crippen LogP contribution is 2.35. The molecule has 0 atom stereocenters. The average Bonchev–Trinajstić information content (AvgIpc) is 3.21. The van der Waals surface area contributed by atoms with Crippen molar-refractivity contribution >= 4 is 5.57 Å². The van der Waals surface area contributed by atoms with Crippen molar-refractivity contribution in [1.29, 1.82) is 0 Å². The van der Waals surface area contributed by atoms with Crippen LogP contribution in [0.25, 0.3) is 28.2 Å². The minimum atomic E-state index is 0.715. The van der Waals surface area contributed by atoms with Crippen molar-refractivity contribution in [2.75, 3.05) is 0 Å². The number of allylic oxidation sites excluding steroid dienone is 6. The number of hydrogen-bond acceptors (Lipinski definition) is 0. The second kappa shape index (κ2) is 11.6. The van der Waals surface area contributed by atoms with Crippen molar-refractivity contribution in [1.82, 2.24) is 4.57 Å². The molecule has 0 aliphatic carbocycles. The monoisotopic (exact) mass is 471 g/mol. The van der Waals surface area contributed by atoms with E-state index in [2.05, 4.69) is 128 Å². The molecule has 0 aliphatic rings. The number of rotatable bonds is 8. The van der Waals surface area contributed by atoms with E-state index in [1.807, 2.05) is 25.1 Å². The van der Waals surface area contributed by atoms with Crippen LogP contribution < -0.4 is 4.57 Å². The predicted octanol–water partition coefficient (Wildman–Crippen LogP) is 7.93. The predicted molar refractivity (Wildman–Crippen MR) is 151 cm³/mol. The summed E-state index contributed by atoms with van der Waals surface area (Å²) in [6.45, 7) is 12.5. The molecule has 0 saturated heterocycles. The van der Waals surface area contributed by atoms with Gasteiger partial charge in [0.25, 0.3) is 5.82 Å². The largest absolute Gasteiger partial charge is 0.290 e. The van der Waals surface area contributed by atoms with Crippen LogP contribution in [-0.2, 0) is 13.1 Å². The molecule has 0 aliphatic heterocycles. The lowest BCUT2D eigenvalue weighted by Gasteiger charge is -2.11. The number of hydrogen-bond donors (Lipinski definition) is 0. The van der Waals surface area contributed by atoms with Gasteiger partial charge in [0.2, 0.25) is 0 Å². The van der Waals surface area contributed by atoms with Crippen molar-refractivity contribution in [3.05, 3.63) is 132 Å². The van der Waals surface area contributed by atoms with E-state index in [0.717, 1.165) is 12.1 Å². The first-order valence-corrected chi connectivity index (χ1v) is 12.7. The van der Waals surface area contributed by atoms with E-state index in [-0.39, 0.29) is 0 Å². The van der Waals surface area contributed by atoms with Gasteiger partial charge in [-0.05, 0) is 57.9 Å². The standard InChI is InChI=1S/C34H35N2/c1-6-8-9-12-18-28(5)32-33(30-23-15-11-16-24-30)35(7-2)34(31-26(3)19-17-20-27(31)4)36(32)25-29-21-13-10-14-22-29/h6,8-13,15-21,23-24H,7,25H2,1-5H3/q+1/b8-6-,12-9-,28-18+. The van der Waals surface area contributed by atoms with E-state index in [4.69, 9.17) is 0 Å². The smallest absolute Gasteiger partial charge is 0.223 e. The fourth-order valence-electron chi connectivity index (χ4n) is 4.91. The molecule has 1 heterocycles. The highest BCUT2D eigenvalue weighted by Gasteiger charge is 2.34. The lowest BCUT2D eigenvalue weighted by molar-refractivity contribution is -0.678. The maximum Gasteiger partial charge on any atom is 0.290 e. The molecule has 3 aromatic carbocycles. The first-order chi connectivity index (χ1) is 17.6. The fourth-order valence-corrected chi connectivity index (χ4v) is 4.91. The minimum absolute atomic E-state index is 0.715. The molecule has 4 aromatic rings. The third-order valence-corrected chi connectivity index (χ3v) is 6.52. The highest BCUT2D eigenvalue weighted by atomic mass is 15.2. The van der Waals surface area contributed by atoms with Crippen molar-refractivity contribution < 1.29 is 4.57 Å². The molecular weight excluding hydrogens is 436 g/mol. The van der Waals surface area contributed by atoms with Crippen LogP contribution >= 0.6 is 0 Å². The summed E-state index contributed by atoms with van der Waals surface area (Å²) in [5.41, 5.74) is 9.86. The molecular formula is C34H35N2+. The molecule has 0 amide bonds. The molecule has 0 spiro atoms. The van der Waals surface area contributed by atoms with Gasteiger partial charge in [-0.25, -0.2) is 9.13 Å². The van der Waals surface area contributed by atoms with Crippen molar-refractivity contribution in [2.24, 2.45) is 0 Å². The van der Waals surface area contributed by atoms with Gasteiger partial charge >= 0.3 is 0 Å². The normalized spacial score (nSPS) is 12.0.